The van der Waals surface area contributed by atoms with E-state index in [1.54, 1.807) is 18.2 Å². The Morgan fingerprint density at radius 3 is 2.32 bits per heavy atom. The van der Waals surface area contributed by atoms with Crippen molar-refractivity contribution in [3.63, 3.8) is 0 Å². The van der Waals surface area contributed by atoms with Gasteiger partial charge in [0.1, 0.15) is 0 Å². The first-order valence-electron chi connectivity index (χ1n) is 8.34. The van der Waals surface area contributed by atoms with E-state index in [1.165, 1.54) is 23.0 Å². The van der Waals surface area contributed by atoms with Gasteiger partial charge in [0.2, 0.25) is 0 Å². The molecule has 0 atom stereocenters. The molecule has 0 bridgehead atoms. The molecule has 0 spiro atoms. The molecule has 0 saturated carbocycles. The number of hydrogen-bond donors (Lipinski definition) is 1. The summed E-state index contributed by atoms with van der Waals surface area (Å²) in [5, 5.41) is 14.7. The zero-order valence-electron chi connectivity index (χ0n) is 14.4. The van der Waals surface area contributed by atoms with Crippen LogP contribution in [0.3, 0.4) is 0 Å². The van der Waals surface area contributed by atoms with E-state index >= 15 is 0 Å². The number of rotatable bonds is 3. The zero-order chi connectivity index (χ0) is 19.7. The van der Waals surface area contributed by atoms with Gasteiger partial charge >= 0.3 is 0 Å². The summed E-state index contributed by atoms with van der Waals surface area (Å²) < 4.78 is 1.24. The Hall–Kier alpha value is -3.15. The van der Waals surface area contributed by atoms with Crippen LogP contribution in [0.4, 0.5) is 0 Å². The second-order valence-electron chi connectivity index (χ2n) is 6.01. The fraction of sp³-hybridized carbons (Fsp3) is 0. The van der Waals surface area contributed by atoms with E-state index in [0.717, 1.165) is 5.56 Å². The monoisotopic (exact) mass is 409 g/mol. The molecule has 0 amide bonds. The summed E-state index contributed by atoms with van der Waals surface area (Å²) >= 11 is 11.9. The van der Waals surface area contributed by atoms with Gasteiger partial charge in [0.05, 0.1) is 27.2 Å². The molecule has 5 nitrogen and oxygen atoms in total. The van der Waals surface area contributed by atoms with E-state index in [9.17, 15) is 9.90 Å². The number of aromatic hydroxyl groups is 1. The Morgan fingerprint density at radius 1 is 0.964 bits per heavy atom. The van der Waals surface area contributed by atoms with Crippen LogP contribution >= 0.6 is 23.2 Å². The van der Waals surface area contributed by atoms with E-state index in [2.05, 4.69) is 10.1 Å². The number of halogens is 2. The lowest BCUT2D eigenvalue weighted by Gasteiger charge is -2.09. The van der Waals surface area contributed by atoms with Gasteiger partial charge in [-0.15, -0.1) is 0 Å². The molecule has 0 fully saturated rings. The highest BCUT2D eigenvalue weighted by atomic mass is 35.5. The molecule has 3 aromatic carbocycles. The van der Waals surface area contributed by atoms with Gasteiger partial charge in [-0.05, 0) is 29.8 Å². The highest BCUT2D eigenvalue weighted by Gasteiger charge is 2.12. The number of phenolic OH excluding ortho intramolecular Hbond substituents is 1. The molecule has 28 heavy (non-hydrogen) atoms. The Kier molecular flexibility index (Phi) is 4.86. The smallest absolute Gasteiger partial charge is 0.282 e. The van der Waals surface area contributed by atoms with Crippen LogP contribution < -0.4 is 5.56 Å². The number of para-hydroxylation sites is 1. The lowest BCUT2D eigenvalue weighted by Crippen LogP contribution is -2.20. The summed E-state index contributed by atoms with van der Waals surface area (Å²) in [7, 11) is 0. The third-order valence-electron chi connectivity index (χ3n) is 4.15. The van der Waals surface area contributed by atoms with Crippen molar-refractivity contribution in [2.75, 3.05) is 0 Å². The van der Waals surface area contributed by atoms with Crippen molar-refractivity contribution in [1.82, 2.24) is 9.66 Å². The molecule has 0 aliphatic heterocycles. The van der Waals surface area contributed by atoms with Crippen LogP contribution in [0, 0.1) is 0 Å². The summed E-state index contributed by atoms with van der Waals surface area (Å²) in [5.74, 6) is 0.214. The van der Waals surface area contributed by atoms with Crippen molar-refractivity contribution in [1.29, 1.82) is 0 Å². The van der Waals surface area contributed by atoms with Gasteiger partial charge in [-0.2, -0.15) is 9.78 Å². The van der Waals surface area contributed by atoms with Crippen LogP contribution in [0.5, 0.6) is 5.75 Å². The SMILES string of the molecule is O=c1c2ccccc2nc(-c2ccccc2)n1N=Cc1cc(Cl)c(O)c(Cl)c1. The molecule has 138 valence electrons. The fourth-order valence-corrected chi connectivity index (χ4v) is 3.29. The minimum absolute atomic E-state index is 0.0983. The molecule has 0 saturated heterocycles. The maximum absolute atomic E-state index is 13.0. The molecule has 0 aliphatic carbocycles. The van der Waals surface area contributed by atoms with Gasteiger partial charge in [0.15, 0.2) is 11.6 Å². The van der Waals surface area contributed by atoms with Crippen LogP contribution in [0.1, 0.15) is 5.56 Å². The molecule has 4 aromatic rings. The van der Waals surface area contributed by atoms with Crippen molar-refractivity contribution in [3.05, 3.63) is 92.7 Å². The second-order valence-corrected chi connectivity index (χ2v) is 6.83. The third-order valence-corrected chi connectivity index (χ3v) is 4.72. The average molecular weight is 410 g/mol. The standard InChI is InChI=1S/C21H13Cl2N3O2/c22-16-10-13(11-17(23)19(16)27)12-24-26-20(14-6-2-1-3-7-14)25-18-9-5-4-8-15(18)21(26)28/h1-12,27H. The van der Waals surface area contributed by atoms with Crippen molar-refractivity contribution < 1.29 is 5.11 Å². The topological polar surface area (TPSA) is 67.5 Å². The van der Waals surface area contributed by atoms with Crippen LogP contribution in [-0.2, 0) is 0 Å². The number of phenols is 1. The van der Waals surface area contributed by atoms with Crippen LogP contribution in [0.15, 0.2) is 76.6 Å². The number of fused-ring (bicyclic) bond motifs is 1. The second kappa shape index (κ2) is 7.46. The maximum Gasteiger partial charge on any atom is 0.282 e. The quantitative estimate of drug-likeness (QED) is 0.486. The normalized spacial score (nSPS) is 11.4. The van der Waals surface area contributed by atoms with Gasteiger partial charge in [0, 0.05) is 5.56 Å². The summed E-state index contributed by atoms with van der Waals surface area (Å²) in [6.45, 7) is 0. The minimum atomic E-state index is -0.295. The molecule has 1 aromatic heterocycles. The van der Waals surface area contributed by atoms with Gasteiger partial charge in [-0.25, -0.2) is 4.98 Å². The van der Waals surface area contributed by atoms with Gasteiger partial charge in [-0.3, -0.25) is 4.79 Å². The fourth-order valence-electron chi connectivity index (χ4n) is 2.79. The van der Waals surface area contributed by atoms with Gasteiger partial charge in [-0.1, -0.05) is 65.7 Å². The van der Waals surface area contributed by atoms with Gasteiger partial charge in [0.25, 0.3) is 5.56 Å². The van der Waals surface area contributed by atoms with E-state index < -0.39 is 0 Å². The van der Waals surface area contributed by atoms with E-state index in [4.69, 9.17) is 23.2 Å². The van der Waals surface area contributed by atoms with Crippen molar-refractivity contribution in [2.45, 2.75) is 0 Å². The Morgan fingerprint density at radius 2 is 1.61 bits per heavy atom. The molecule has 4 rings (SSSR count). The number of nitrogens with zero attached hydrogens (tertiary/aromatic N) is 3. The molecule has 7 heteroatoms. The van der Waals surface area contributed by atoms with E-state index in [1.807, 2.05) is 36.4 Å². The molecule has 1 heterocycles. The number of hydrogen-bond acceptors (Lipinski definition) is 4. The molecular weight excluding hydrogens is 397 g/mol. The van der Waals surface area contributed by atoms with Crippen molar-refractivity contribution in [3.8, 4) is 17.1 Å². The molecule has 1 N–H and O–H groups in total. The Balaban J connectivity index is 1.92. The predicted octanol–water partition coefficient (Wildman–Crippen LogP) is 4.96. The minimum Gasteiger partial charge on any atom is -0.505 e. The molecule has 0 aliphatic rings. The summed E-state index contributed by atoms with van der Waals surface area (Å²) in [4.78, 5) is 17.7. The number of benzene rings is 3. The number of aromatic nitrogens is 2. The third kappa shape index (κ3) is 3.38. The lowest BCUT2D eigenvalue weighted by molar-refractivity contribution is 0.476. The summed E-state index contributed by atoms with van der Waals surface area (Å²) in [6, 6.07) is 19.5. The lowest BCUT2D eigenvalue weighted by atomic mass is 10.2. The van der Waals surface area contributed by atoms with Crippen molar-refractivity contribution >= 4 is 40.3 Å². The van der Waals surface area contributed by atoms with E-state index in [-0.39, 0.29) is 21.4 Å². The average Bonchev–Trinajstić information content (AvgIpc) is 2.72. The van der Waals surface area contributed by atoms with Crippen LogP contribution in [0.2, 0.25) is 10.0 Å². The highest BCUT2D eigenvalue weighted by molar-refractivity contribution is 6.37. The van der Waals surface area contributed by atoms with Crippen LogP contribution in [-0.4, -0.2) is 21.0 Å². The van der Waals surface area contributed by atoms with Gasteiger partial charge < -0.3 is 5.11 Å². The molecule has 0 radical (unpaired) electrons. The maximum atomic E-state index is 13.0. The molecular formula is C21H13Cl2N3O2. The Labute approximate surface area is 170 Å². The Bertz CT molecular complexity index is 1240. The molecule has 0 unspecified atom stereocenters. The predicted molar refractivity (Wildman–Crippen MR) is 113 cm³/mol. The summed E-state index contributed by atoms with van der Waals surface area (Å²) in [6.07, 6.45) is 1.45. The first-order valence-corrected chi connectivity index (χ1v) is 9.10. The first-order chi connectivity index (χ1) is 13.5. The first kappa shape index (κ1) is 18.2. The highest BCUT2D eigenvalue weighted by Crippen LogP contribution is 2.32. The summed E-state index contributed by atoms with van der Waals surface area (Å²) in [5.41, 5.74) is 1.58. The van der Waals surface area contributed by atoms with Crippen molar-refractivity contribution in [2.24, 2.45) is 5.10 Å². The largest absolute Gasteiger partial charge is 0.505 e. The van der Waals surface area contributed by atoms with Crippen LogP contribution in [0.25, 0.3) is 22.3 Å². The zero-order valence-corrected chi connectivity index (χ0v) is 15.9. The van der Waals surface area contributed by atoms with E-state index in [0.29, 0.717) is 22.3 Å².